The summed E-state index contributed by atoms with van der Waals surface area (Å²) in [7, 11) is 0. The summed E-state index contributed by atoms with van der Waals surface area (Å²) >= 11 is 0. The fourth-order valence-corrected chi connectivity index (χ4v) is 3.85. The third-order valence-electron chi connectivity index (χ3n) is 4.94. The van der Waals surface area contributed by atoms with E-state index in [2.05, 4.69) is 22.3 Å². The standard InChI is InChI=1S/C18H24N2O4/c1-11(2)19-18(21)17-8-13-14(24-17)5-6-20(13)9-12-3-4-15-16(7-12)23-10-22-15/h3-4,7,11,13-14,17H,5-6,8-10H2,1-2H3,(H,19,21)/t13-,14-,17-/m0/s1. The van der Waals surface area contributed by atoms with Gasteiger partial charge in [-0.25, -0.2) is 0 Å². The molecule has 2 fully saturated rings. The number of rotatable bonds is 4. The summed E-state index contributed by atoms with van der Waals surface area (Å²) in [6, 6.07) is 6.56. The van der Waals surface area contributed by atoms with Gasteiger partial charge in [-0.05, 0) is 38.0 Å². The first-order valence-electron chi connectivity index (χ1n) is 8.68. The van der Waals surface area contributed by atoms with Gasteiger partial charge in [0.2, 0.25) is 12.7 Å². The van der Waals surface area contributed by atoms with Crippen LogP contribution in [-0.4, -0.2) is 48.4 Å². The molecule has 3 atom stereocenters. The number of amides is 1. The number of ether oxygens (including phenoxy) is 3. The molecule has 1 N–H and O–H groups in total. The molecule has 3 heterocycles. The van der Waals surface area contributed by atoms with Gasteiger partial charge in [0, 0.05) is 31.6 Å². The highest BCUT2D eigenvalue weighted by Gasteiger charge is 2.45. The Hall–Kier alpha value is -1.79. The van der Waals surface area contributed by atoms with E-state index in [0.717, 1.165) is 37.4 Å². The second-order valence-electron chi connectivity index (χ2n) is 7.08. The molecule has 3 aliphatic heterocycles. The Morgan fingerprint density at radius 2 is 2.17 bits per heavy atom. The zero-order valence-electron chi connectivity index (χ0n) is 14.2. The average Bonchev–Trinajstić information content (AvgIpc) is 3.22. The van der Waals surface area contributed by atoms with Crippen molar-refractivity contribution in [1.29, 1.82) is 0 Å². The summed E-state index contributed by atoms with van der Waals surface area (Å²) < 4.78 is 16.8. The van der Waals surface area contributed by atoms with Crippen molar-refractivity contribution >= 4 is 5.91 Å². The molecule has 130 valence electrons. The molecule has 24 heavy (non-hydrogen) atoms. The molecular weight excluding hydrogens is 308 g/mol. The van der Waals surface area contributed by atoms with E-state index in [1.165, 1.54) is 5.56 Å². The summed E-state index contributed by atoms with van der Waals surface area (Å²) in [6.07, 6.45) is 1.61. The van der Waals surface area contributed by atoms with E-state index in [9.17, 15) is 4.79 Å². The van der Waals surface area contributed by atoms with Crippen molar-refractivity contribution in [1.82, 2.24) is 10.2 Å². The fourth-order valence-electron chi connectivity index (χ4n) is 3.85. The highest BCUT2D eigenvalue weighted by Crippen LogP contribution is 2.36. The summed E-state index contributed by atoms with van der Waals surface area (Å²) in [5, 5.41) is 2.95. The van der Waals surface area contributed by atoms with E-state index in [4.69, 9.17) is 14.2 Å². The van der Waals surface area contributed by atoms with E-state index < -0.39 is 0 Å². The normalized spacial score (nSPS) is 28.4. The third kappa shape index (κ3) is 2.96. The number of carbonyl (C=O) groups excluding carboxylic acids is 1. The van der Waals surface area contributed by atoms with Crippen LogP contribution in [0.3, 0.4) is 0 Å². The van der Waals surface area contributed by atoms with Gasteiger partial charge < -0.3 is 19.5 Å². The Kier molecular flexibility index (Phi) is 4.10. The lowest BCUT2D eigenvalue weighted by Gasteiger charge is -2.23. The molecule has 0 aliphatic carbocycles. The predicted molar refractivity (Wildman–Crippen MR) is 87.9 cm³/mol. The number of hydrogen-bond acceptors (Lipinski definition) is 5. The first-order valence-corrected chi connectivity index (χ1v) is 8.68. The van der Waals surface area contributed by atoms with Crippen LogP contribution in [0, 0.1) is 0 Å². The number of fused-ring (bicyclic) bond motifs is 2. The van der Waals surface area contributed by atoms with Gasteiger partial charge in [-0.15, -0.1) is 0 Å². The molecule has 4 rings (SSSR count). The molecule has 6 nitrogen and oxygen atoms in total. The van der Waals surface area contributed by atoms with Crippen molar-refractivity contribution in [2.24, 2.45) is 0 Å². The van der Waals surface area contributed by atoms with Gasteiger partial charge in [0.05, 0.1) is 6.10 Å². The highest BCUT2D eigenvalue weighted by atomic mass is 16.7. The molecule has 0 unspecified atom stereocenters. The molecule has 6 heteroatoms. The van der Waals surface area contributed by atoms with Crippen molar-refractivity contribution in [3.8, 4) is 11.5 Å². The lowest BCUT2D eigenvalue weighted by atomic mass is 10.1. The van der Waals surface area contributed by atoms with Gasteiger partial charge in [-0.2, -0.15) is 0 Å². The maximum atomic E-state index is 12.2. The highest BCUT2D eigenvalue weighted by molar-refractivity contribution is 5.81. The number of nitrogens with one attached hydrogen (secondary N) is 1. The largest absolute Gasteiger partial charge is 0.454 e. The van der Waals surface area contributed by atoms with E-state index in [1.807, 2.05) is 19.9 Å². The maximum absolute atomic E-state index is 12.2. The zero-order valence-corrected chi connectivity index (χ0v) is 14.2. The quantitative estimate of drug-likeness (QED) is 0.909. The third-order valence-corrected chi connectivity index (χ3v) is 4.94. The monoisotopic (exact) mass is 332 g/mol. The van der Waals surface area contributed by atoms with Gasteiger partial charge in [0.15, 0.2) is 11.5 Å². The maximum Gasteiger partial charge on any atom is 0.249 e. The topological polar surface area (TPSA) is 60.0 Å². The second-order valence-corrected chi connectivity index (χ2v) is 7.08. The van der Waals surface area contributed by atoms with Crippen LogP contribution in [0.1, 0.15) is 32.3 Å². The Labute approximate surface area is 142 Å². The number of carbonyl (C=O) groups is 1. The van der Waals surface area contributed by atoms with Gasteiger partial charge in [0.25, 0.3) is 0 Å². The number of hydrogen-bond donors (Lipinski definition) is 1. The minimum Gasteiger partial charge on any atom is -0.454 e. The van der Waals surface area contributed by atoms with Crippen LogP contribution in [0.2, 0.25) is 0 Å². The molecule has 0 saturated carbocycles. The smallest absolute Gasteiger partial charge is 0.249 e. The second kappa shape index (κ2) is 6.26. The SMILES string of the molecule is CC(C)NC(=O)[C@@H]1C[C@H]2[C@H](CCN2Cc2ccc3c(c2)OCO3)O1. The minimum absolute atomic E-state index is 0.0161. The van der Waals surface area contributed by atoms with Gasteiger partial charge in [0.1, 0.15) is 6.10 Å². The van der Waals surface area contributed by atoms with Crippen molar-refractivity contribution in [3.63, 3.8) is 0 Å². The van der Waals surface area contributed by atoms with Crippen LogP contribution in [0.4, 0.5) is 0 Å². The first kappa shape index (κ1) is 15.7. The molecule has 1 amide bonds. The van der Waals surface area contributed by atoms with Crippen LogP contribution >= 0.6 is 0 Å². The zero-order chi connectivity index (χ0) is 16.7. The molecule has 0 spiro atoms. The van der Waals surface area contributed by atoms with Crippen LogP contribution in [-0.2, 0) is 16.1 Å². The number of benzene rings is 1. The summed E-state index contributed by atoms with van der Waals surface area (Å²) in [5.74, 6) is 1.65. The van der Waals surface area contributed by atoms with Gasteiger partial charge in [-0.1, -0.05) is 6.07 Å². The van der Waals surface area contributed by atoms with Crippen LogP contribution < -0.4 is 14.8 Å². The molecule has 0 aromatic heterocycles. The Balaban J connectivity index is 1.40. The summed E-state index contributed by atoms with van der Waals surface area (Å²) in [6.45, 7) is 6.09. The molecule has 0 radical (unpaired) electrons. The van der Waals surface area contributed by atoms with Gasteiger partial charge >= 0.3 is 0 Å². The van der Waals surface area contributed by atoms with Crippen LogP contribution in [0.5, 0.6) is 11.5 Å². The van der Waals surface area contributed by atoms with Gasteiger partial charge in [-0.3, -0.25) is 9.69 Å². The summed E-state index contributed by atoms with van der Waals surface area (Å²) in [4.78, 5) is 14.6. The molecule has 1 aromatic rings. The molecule has 1 aromatic carbocycles. The number of likely N-dealkylation sites (tertiary alicyclic amines) is 1. The average molecular weight is 332 g/mol. The van der Waals surface area contributed by atoms with E-state index >= 15 is 0 Å². The van der Waals surface area contributed by atoms with Crippen molar-refractivity contribution in [2.75, 3.05) is 13.3 Å². The lowest BCUT2D eigenvalue weighted by molar-refractivity contribution is -0.132. The Bertz CT molecular complexity index is 633. The molecular formula is C18H24N2O4. The van der Waals surface area contributed by atoms with Crippen LogP contribution in [0.25, 0.3) is 0 Å². The number of nitrogens with zero attached hydrogens (tertiary/aromatic N) is 1. The van der Waals surface area contributed by atoms with Crippen molar-refractivity contribution in [3.05, 3.63) is 23.8 Å². The first-order chi connectivity index (χ1) is 11.6. The summed E-state index contributed by atoms with van der Waals surface area (Å²) in [5.41, 5.74) is 1.20. The van der Waals surface area contributed by atoms with Crippen LogP contribution in [0.15, 0.2) is 18.2 Å². The van der Waals surface area contributed by atoms with E-state index in [0.29, 0.717) is 12.8 Å². The molecule has 3 aliphatic rings. The fraction of sp³-hybridized carbons (Fsp3) is 0.611. The Morgan fingerprint density at radius 1 is 1.33 bits per heavy atom. The predicted octanol–water partition coefficient (Wildman–Crippen LogP) is 1.67. The molecule has 2 saturated heterocycles. The van der Waals surface area contributed by atoms with Crippen molar-refractivity contribution in [2.45, 2.75) is 57.5 Å². The Morgan fingerprint density at radius 3 is 3.00 bits per heavy atom. The lowest BCUT2D eigenvalue weighted by Crippen LogP contribution is -2.39. The molecule has 0 bridgehead atoms. The van der Waals surface area contributed by atoms with E-state index in [1.54, 1.807) is 0 Å². The van der Waals surface area contributed by atoms with E-state index in [-0.39, 0.29) is 24.2 Å². The minimum atomic E-state index is -0.318. The van der Waals surface area contributed by atoms with Crippen molar-refractivity contribution < 1.29 is 19.0 Å².